The van der Waals surface area contributed by atoms with Gasteiger partial charge in [-0.05, 0) is 32.6 Å². The third-order valence-corrected chi connectivity index (χ3v) is 6.16. The minimum atomic E-state index is -3.77. The fourth-order valence-corrected chi connectivity index (χ4v) is 3.95. The Morgan fingerprint density at radius 3 is 1.66 bits per heavy atom. The molecule has 0 aliphatic carbocycles. The topological polar surface area (TPSA) is 161 Å². The summed E-state index contributed by atoms with van der Waals surface area (Å²) in [5.74, 6) is 0. The zero-order valence-electron chi connectivity index (χ0n) is 25.0. The Labute approximate surface area is 251 Å². The monoisotopic (exact) mass is 645 g/mol. The minimum absolute atomic E-state index is 0.107. The van der Waals surface area contributed by atoms with Crippen molar-refractivity contribution in [3.05, 3.63) is 31.5 Å². The Bertz CT molecular complexity index is 1160. The highest BCUT2D eigenvalue weighted by Gasteiger charge is 2.30. The molecule has 1 heterocycles. The molecule has 0 aliphatic heterocycles. The second-order valence-corrected chi connectivity index (χ2v) is 9.48. The van der Waals surface area contributed by atoms with Gasteiger partial charge < -0.3 is 24.8 Å². The average Bonchev–Trinajstić information content (AvgIpc) is 2.97. The van der Waals surface area contributed by atoms with E-state index in [1.165, 1.54) is 0 Å². The Morgan fingerprint density at radius 2 is 1.18 bits per heavy atom. The Kier molecular flexibility index (Phi) is 19.4. The van der Waals surface area contributed by atoms with Crippen LogP contribution in [-0.2, 0) is 38.6 Å². The van der Waals surface area contributed by atoms with Crippen molar-refractivity contribution >= 4 is 12.2 Å². The molecule has 0 fully saturated rings. The molecule has 0 saturated carbocycles. The Morgan fingerprint density at radius 1 is 0.705 bits per heavy atom. The van der Waals surface area contributed by atoms with E-state index in [0.717, 1.165) is 13.7 Å². The molecular formula is C26H43F4N5O9. The maximum Gasteiger partial charge on any atom is 0.407 e. The Balaban J connectivity index is 2.37. The SMILES string of the molecule is CCn1c(=O)n(CCCCCCNC(=O)OCCF)c(=O)n(CCCCCCNC(=O)OCCOCC(F)(F)OCF)c1=O. The van der Waals surface area contributed by atoms with Crippen molar-refractivity contribution in [2.45, 2.75) is 84.0 Å². The lowest BCUT2D eigenvalue weighted by Gasteiger charge is -2.14. The van der Waals surface area contributed by atoms with Crippen LogP contribution < -0.4 is 27.7 Å². The van der Waals surface area contributed by atoms with Gasteiger partial charge in [-0.15, -0.1) is 0 Å². The van der Waals surface area contributed by atoms with Crippen LogP contribution in [0.3, 0.4) is 0 Å². The van der Waals surface area contributed by atoms with Gasteiger partial charge in [-0.2, -0.15) is 8.78 Å². The summed E-state index contributed by atoms with van der Waals surface area (Å²) in [4.78, 5) is 61.3. The van der Waals surface area contributed by atoms with Crippen LogP contribution in [0.15, 0.2) is 14.4 Å². The lowest BCUT2D eigenvalue weighted by Crippen LogP contribution is -2.54. The molecule has 0 unspecified atom stereocenters. The van der Waals surface area contributed by atoms with E-state index in [9.17, 15) is 41.5 Å². The van der Waals surface area contributed by atoms with Crippen LogP contribution in [0.2, 0.25) is 0 Å². The van der Waals surface area contributed by atoms with Gasteiger partial charge in [0.05, 0.1) is 6.61 Å². The summed E-state index contributed by atoms with van der Waals surface area (Å²) in [6.07, 6.45) is -0.353. The fraction of sp³-hybridized carbons (Fsp3) is 0.808. The third-order valence-electron chi connectivity index (χ3n) is 6.16. The van der Waals surface area contributed by atoms with Crippen molar-refractivity contribution in [2.75, 3.05) is 53.1 Å². The largest absolute Gasteiger partial charge is 0.447 e. The number of alkyl carbamates (subject to hydrolysis) is 2. The Hall–Kier alpha value is -3.41. The molecule has 1 aromatic heterocycles. The number of halogens is 4. The molecule has 0 aliphatic rings. The number of alkyl halides is 4. The summed E-state index contributed by atoms with van der Waals surface area (Å²) in [5, 5.41) is 4.99. The molecule has 1 aromatic rings. The van der Waals surface area contributed by atoms with Crippen molar-refractivity contribution in [3.8, 4) is 0 Å². The molecule has 0 bridgehead atoms. The van der Waals surface area contributed by atoms with Crippen molar-refractivity contribution in [1.82, 2.24) is 24.3 Å². The first-order valence-electron chi connectivity index (χ1n) is 14.5. The summed E-state index contributed by atoms with van der Waals surface area (Å²) in [7, 11) is 0. The number of hydrogen-bond donors (Lipinski definition) is 2. The standard InChI is InChI=1S/C26H43F4N5O9/c1-2-33-23(38)34(14-9-5-3-7-12-31-21(36)42-16-11-27)25(40)35(24(33)39)15-10-6-4-8-13-32-22(37)43-18-17-41-19-26(29,30)44-20-28/h2-20H2,1H3,(H,31,36)(H,32,37). The van der Waals surface area contributed by atoms with Crippen molar-refractivity contribution in [3.63, 3.8) is 0 Å². The van der Waals surface area contributed by atoms with Gasteiger partial charge in [0, 0.05) is 32.7 Å². The molecule has 254 valence electrons. The second-order valence-electron chi connectivity index (χ2n) is 9.48. The third kappa shape index (κ3) is 15.4. The quantitative estimate of drug-likeness (QED) is 0.127. The van der Waals surface area contributed by atoms with E-state index in [2.05, 4.69) is 24.8 Å². The van der Waals surface area contributed by atoms with Crippen molar-refractivity contribution < 1.29 is 46.1 Å². The number of hydrogen-bond acceptors (Lipinski definition) is 9. The number of ether oxygens (including phenoxy) is 4. The molecular weight excluding hydrogens is 602 g/mol. The molecule has 1 rings (SSSR count). The molecule has 2 amide bonds. The summed E-state index contributed by atoms with van der Waals surface area (Å²) < 4.78 is 70.0. The zero-order chi connectivity index (χ0) is 32.8. The van der Waals surface area contributed by atoms with Gasteiger partial charge >= 0.3 is 35.4 Å². The molecule has 0 spiro atoms. The zero-order valence-corrected chi connectivity index (χ0v) is 25.0. The lowest BCUT2D eigenvalue weighted by atomic mass is 10.2. The number of nitrogens with one attached hydrogen (secondary N) is 2. The van der Waals surface area contributed by atoms with E-state index in [0.29, 0.717) is 57.9 Å². The van der Waals surface area contributed by atoms with Gasteiger partial charge in [0.1, 0.15) is 26.5 Å². The predicted molar refractivity (Wildman–Crippen MR) is 149 cm³/mol. The molecule has 0 saturated heterocycles. The van der Waals surface area contributed by atoms with E-state index in [1.807, 2.05) is 0 Å². The van der Waals surface area contributed by atoms with E-state index in [4.69, 9.17) is 4.74 Å². The first-order chi connectivity index (χ1) is 21.1. The molecule has 18 heteroatoms. The first kappa shape index (κ1) is 38.6. The van der Waals surface area contributed by atoms with Crippen LogP contribution in [0.5, 0.6) is 0 Å². The highest BCUT2D eigenvalue weighted by atomic mass is 19.3. The van der Waals surface area contributed by atoms with E-state index < -0.39 is 55.5 Å². The first-order valence-corrected chi connectivity index (χ1v) is 14.5. The number of amides is 2. The molecule has 14 nitrogen and oxygen atoms in total. The lowest BCUT2D eigenvalue weighted by molar-refractivity contribution is -0.279. The number of rotatable bonds is 24. The number of carbonyl (C=O) groups is 2. The van der Waals surface area contributed by atoms with E-state index in [1.54, 1.807) is 6.92 Å². The second kappa shape index (κ2) is 22.2. The van der Waals surface area contributed by atoms with E-state index >= 15 is 0 Å². The highest BCUT2D eigenvalue weighted by molar-refractivity contribution is 5.67. The van der Waals surface area contributed by atoms with Gasteiger partial charge in [-0.1, -0.05) is 25.7 Å². The predicted octanol–water partition coefficient (Wildman–Crippen LogP) is 2.29. The maximum absolute atomic E-state index is 12.9. The summed E-state index contributed by atoms with van der Waals surface area (Å²) in [6, 6.07) is 0. The molecule has 0 aromatic carbocycles. The number of unbranched alkanes of at least 4 members (excludes halogenated alkanes) is 6. The molecule has 0 atom stereocenters. The van der Waals surface area contributed by atoms with Crippen molar-refractivity contribution in [2.24, 2.45) is 0 Å². The fourth-order valence-electron chi connectivity index (χ4n) is 3.95. The summed E-state index contributed by atoms with van der Waals surface area (Å²) in [5.41, 5.74) is -2.00. The maximum atomic E-state index is 12.9. The average molecular weight is 646 g/mol. The summed E-state index contributed by atoms with van der Waals surface area (Å²) >= 11 is 0. The number of nitrogens with zero attached hydrogens (tertiary/aromatic N) is 3. The van der Waals surface area contributed by atoms with Gasteiger partial charge in [0.25, 0.3) is 0 Å². The molecule has 44 heavy (non-hydrogen) atoms. The van der Waals surface area contributed by atoms with Crippen LogP contribution in [0.25, 0.3) is 0 Å². The number of aromatic nitrogens is 3. The summed E-state index contributed by atoms with van der Waals surface area (Å²) in [6.45, 7) is -1.88. The smallest absolute Gasteiger partial charge is 0.407 e. The van der Waals surface area contributed by atoms with Gasteiger partial charge in [-0.25, -0.2) is 46.5 Å². The van der Waals surface area contributed by atoms with Gasteiger partial charge in [0.15, 0.2) is 6.86 Å². The van der Waals surface area contributed by atoms with Crippen molar-refractivity contribution in [1.29, 1.82) is 0 Å². The minimum Gasteiger partial charge on any atom is -0.447 e. The van der Waals surface area contributed by atoms with Gasteiger partial charge in [-0.3, -0.25) is 4.74 Å². The van der Waals surface area contributed by atoms with Crippen LogP contribution in [0.4, 0.5) is 27.2 Å². The number of carbonyl (C=O) groups excluding carboxylic acids is 2. The van der Waals surface area contributed by atoms with Crippen LogP contribution >= 0.6 is 0 Å². The molecule has 2 N–H and O–H groups in total. The van der Waals surface area contributed by atoms with E-state index in [-0.39, 0.29) is 46.0 Å². The highest BCUT2D eigenvalue weighted by Crippen LogP contribution is 2.15. The van der Waals surface area contributed by atoms with Crippen LogP contribution in [0, 0.1) is 0 Å². The van der Waals surface area contributed by atoms with Gasteiger partial charge in [0.2, 0.25) is 0 Å². The van der Waals surface area contributed by atoms with Crippen LogP contribution in [0.1, 0.15) is 58.3 Å². The normalized spacial score (nSPS) is 11.4. The molecule has 0 radical (unpaired) electrons. The van der Waals surface area contributed by atoms with Crippen LogP contribution in [-0.4, -0.2) is 85.0 Å².